The highest BCUT2D eigenvalue weighted by Crippen LogP contribution is 2.43. The third-order valence-corrected chi connectivity index (χ3v) is 11.4. The number of esters is 2. The average molecular weight is 828 g/mol. The van der Waals surface area contributed by atoms with Crippen LogP contribution in [0.4, 0.5) is 0 Å². The third kappa shape index (κ3) is 26.7. The molecule has 1 saturated carbocycles. The lowest BCUT2D eigenvalue weighted by molar-refractivity contribution is -0.261. The maximum absolute atomic E-state index is 12.7. The molecule has 15 heteroatoms. The summed E-state index contributed by atoms with van der Waals surface area (Å²) in [6.45, 7) is 3.20. The lowest BCUT2D eigenvalue weighted by Crippen LogP contribution is -2.64. The van der Waals surface area contributed by atoms with E-state index in [0.29, 0.717) is 12.8 Å². The fraction of sp³-hybridized carbons (Fsp3) is 0.951. The fourth-order valence-electron chi connectivity index (χ4n) is 6.87. The number of phosphoric acid groups is 1. The van der Waals surface area contributed by atoms with Gasteiger partial charge in [-0.2, -0.15) is 0 Å². The molecule has 0 bridgehead atoms. The van der Waals surface area contributed by atoms with Crippen molar-refractivity contribution in [2.45, 2.75) is 236 Å². The Morgan fingerprint density at radius 1 is 0.518 bits per heavy atom. The highest BCUT2D eigenvalue weighted by molar-refractivity contribution is 7.45. The number of hydrogen-bond acceptors (Lipinski definition) is 13. The summed E-state index contributed by atoms with van der Waals surface area (Å²) in [5, 5.41) is 49.9. The predicted octanol–water partition coefficient (Wildman–Crippen LogP) is 7.47. The first-order chi connectivity index (χ1) is 26.4. The molecular formula is C41H82NO13P. The number of phosphoric ester groups is 1. The van der Waals surface area contributed by atoms with Crippen LogP contribution >= 0.6 is 7.82 Å². The Labute approximate surface area is 338 Å². The number of quaternary nitrogens is 1. The van der Waals surface area contributed by atoms with Crippen molar-refractivity contribution in [3.63, 3.8) is 0 Å². The summed E-state index contributed by atoms with van der Waals surface area (Å²) in [4.78, 5) is 37.9. The van der Waals surface area contributed by atoms with Gasteiger partial charge in [0.05, 0.1) is 6.61 Å². The van der Waals surface area contributed by atoms with Crippen molar-refractivity contribution >= 4 is 19.8 Å². The third-order valence-electron chi connectivity index (χ3n) is 10.4. The van der Waals surface area contributed by atoms with Crippen molar-refractivity contribution in [1.29, 1.82) is 0 Å². The second-order valence-corrected chi connectivity index (χ2v) is 16.9. The Bertz CT molecular complexity index is 993. The summed E-state index contributed by atoms with van der Waals surface area (Å²) < 4.78 is 33.1. The lowest BCUT2D eigenvalue weighted by Gasteiger charge is -2.43. The van der Waals surface area contributed by atoms with Gasteiger partial charge in [-0.25, -0.2) is 0 Å². The quantitative estimate of drug-likeness (QED) is 0.0204. The van der Waals surface area contributed by atoms with Gasteiger partial charge in [0.2, 0.25) is 0 Å². The van der Waals surface area contributed by atoms with E-state index >= 15 is 0 Å². The minimum Gasteiger partial charge on any atom is -0.756 e. The van der Waals surface area contributed by atoms with Gasteiger partial charge in [-0.3, -0.25) is 14.2 Å². The van der Waals surface area contributed by atoms with Crippen LogP contribution in [0.25, 0.3) is 0 Å². The zero-order chi connectivity index (χ0) is 40.7. The lowest BCUT2D eigenvalue weighted by atomic mass is 9.85. The molecule has 0 aromatic rings. The Morgan fingerprint density at radius 2 is 0.839 bits per heavy atom. The minimum absolute atomic E-state index is 0. The number of aliphatic hydroxyl groups is 5. The van der Waals surface area contributed by atoms with Crippen molar-refractivity contribution in [3.8, 4) is 0 Å². The van der Waals surface area contributed by atoms with E-state index in [4.69, 9.17) is 18.5 Å². The number of carbonyl (C=O) groups excluding carboxylic acids is 2. The number of ether oxygens (including phenoxy) is 2. The van der Waals surface area contributed by atoms with Crippen molar-refractivity contribution < 1.29 is 63.1 Å². The van der Waals surface area contributed by atoms with Gasteiger partial charge in [-0.05, 0) is 12.8 Å². The molecule has 0 aromatic heterocycles. The molecule has 0 heterocycles. The van der Waals surface area contributed by atoms with Crippen LogP contribution in [-0.2, 0) is 32.7 Å². The molecule has 14 nitrogen and oxygen atoms in total. The van der Waals surface area contributed by atoms with Crippen LogP contribution in [0.2, 0.25) is 0 Å². The number of aliphatic hydroxyl groups excluding tert-OH is 5. The van der Waals surface area contributed by atoms with E-state index in [0.717, 1.165) is 44.9 Å². The van der Waals surface area contributed by atoms with Crippen LogP contribution in [0.15, 0.2) is 0 Å². The smallest absolute Gasteiger partial charge is 0.306 e. The van der Waals surface area contributed by atoms with Gasteiger partial charge in [0.15, 0.2) is 6.10 Å². The Balaban J connectivity index is 0.0000302. The normalized spacial score (nSPS) is 22.6. The average Bonchev–Trinajstić information content (AvgIpc) is 3.16. The molecule has 0 amide bonds. The zero-order valence-corrected chi connectivity index (χ0v) is 36.1. The van der Waals surface area contributed by atoms with Gasteiger partial charge in [0.25, 0.3) is 7.82 Å². The molecule has 56 heavy (non-hydrogen) atoms. The van der Waals surface area contributed by atoms with Crippen LogP contribution in [0.1, 0.15) is 194 Å². The molecule has 9 N–H and O–H groups in total. The van der Waals surface area contributed by atoms with Crippen LogP contribution < -0.4 is 11.0 Å². The van der Waals surface area contributed by atoms with Gasteiger partial charge < -0.3 is 55.1 Å². The SMILES string of the molecule is CCCCCCCCCCCCCCCC(=O)OC[C@H](COP(=O)([O-])OC1C(O)C(O)C(O)[C@@H](O)C1O)OC(=O)CCCCCCCCCCCCCCC.[NH4+]. The Hall–Kier alpha value is -1.19. The maximum atomic E-state index is 12.7. The summed E-state index contributed by atoms with van der Waals surface area (Å²) >= 11 is 0. The topological polar surface area (TPSA) is 249 Å². The van der Waals surface area contributed by atoms with Crippen molar-refractivity contribution in [1.82, 2.24) is 6.15 Å². The Morgan fingerprint density at radius 3 is 1.21 bits per heavy atom. The summed E-state index contributed by atoms with van der Waals surface area (Å²) in [6.07, 6.45) is 16.9. The van der Waals surface area contributed by atoms with Crippen molar-refractivity contribution in [2.24, 2.45) is 0 Å². The monoisotopic (exact) mass is 828 g/mol. The first-order valence-corrected chi connectivity index (χ1v) is 23.3. The van der Waals surface area contributed by atoms with Crippen molar-refractivity contribution in [3.05, 3.63) is 0 Å². The summed E-state index contributed by atoms with van der Waals surface area (Å²) in [5.74, 6) is -1.12. The van der Waals surface area contributed by atoms with Crippen LogP contribution in [0.5, 0.6) is 0 Å². The summed E-state index contributed by atoms with van der Waals surface area (Å²) in [6, 6.07) is 0. The zero-order valence-electron chi connectivity index (χ0n) is 35.2. The first-order valence-electron chi connectivity index (χ1n) is 21.8. The number of rotatable bonds is 36. The summed E-state index contributed by atoms with van der Waals surface area (Å²) in [5.41, 5.74) is 0. The summed E-state index contributed by atoms with van der Waals surface area (Å²) in [7, 11) is -5.35. The van der Waals surface area contributed by atoms with E-state index in [1.54, 1.807) is 0 Å². The molecule has 0 aromatic carbocycles. The number of unbranched alkanes of at least 4 members (excludes halogenated alkanes) is 24. The molecule has 1 fully saturated rings. The van der Waals surface area contributed by atoms with Gasteiger partial charge in [0.1, 0.15) is 43.2 Å². The molecular weight excluding hydrogens is 745 g/mol. The van der Waals surface area contributed by atoms with Crippen molar-refractivity contribution in [2.75, 3.05) is 13.2 Å². The van der Waals surface area contributed by atoms with E-state index in [1.165, 1.54) is 109 Å². The van der Waals surface area contributed by atoms with E-state index in [2.05, 4.69) is 13.8 Å². The van der Waals surface area contributed by atoms with Gasteiger partial charge in [-0.15, -0.1) is 0 Å². The van der Waals surface area contributed by atoms with E-state index in [1.807, 2.05) is 0 Å². The van der Waals surface area contributed by atoms with Gasteiger partial charge >= 0.3 is 11.9 Å². The molecule has 8 atom stereocenters. The largest absolute Gasteiger partial charge is 0.756 e. The number of hydrogen-bond donors (Lipinski definition) is 6. The highest BCUT2D eigenvalue weighted by atomic mass is 31.2. The second-order valence-electron chi connectivity index (χ2n) is 15.5. The highest BCUT2D eigenvalue weighted by Gasteiger charge is 2.50. The van der Waals surface area contributed by atoms with E-state index < -0.39 is 75.7 Å². The van der Waals surface area contributed by atoms with Crippen LogP contribution in [0.3, 0.4) is 0 Å². The van der Waals surface area contributed by atoms with E-state index in [9.17, 15) is 44.6 Å². The van der Waals surface area contributed by atoms with Crippen LogP contribution in [0, 0.1) is 0 Å². The molecule has 0 radical (unpaired) electrons. The molecule has 0 spiro atoms. The Kier molecular flexibility index (Phi) is 33.9. The van der Waals surface area contributed by atoms with Crippen LogP contribution in [-0.4, -0.2) is 93.4 Å². The second kappa shape index (κ2) is 34.7. The van der Waals surface area contributed by atoms with E-state index in [-0.39, 0.29) is 19.0 Å². The molecule has 0 aliphatic heterocycles. The van der Waals surface area contributed by atoms with Gasteiger partial charge in [0, 0.05) is 12.8 Å². The first kappa shape index (κ1) is 54.8. The fourth-order valence-corrected chi connectivity index (χ4v) is 7.83. The maximum Gasteiger partial charge on any atom is 0.306 e. The standard InChI is InChI=1S/C41H79O13P.H3N/c1-3-5-7-9-11-13-15-17-19-21-23-25-27-29-34(42)51-31-33(32-52-55(49,50)54-41-39(47)37(45)36(44)38(46)40(41)48)53-35(43)30-28-26-24-22-20-18-16-14-12-10-8-6-4-2;/h33,36-41,44-48H,3-32H2,1-2H3,(H,49,50);1H3/t33-,36?,37-,38?,39?,40?,41?;/m1./s1. The predicted molar refractivity (Wildman–Crippen MR) is 216 cm³/mol. The molecule has 1 rings (SSSR count). The molecule has 6 unspecified atom stereocenters. The molecule has 1 aliphatic carbocycles. The molecule has 334 valence electrons. The van der Waals surface area contributed by atoms with Gasteiger partial charge in [-0.1, -0.05) is 168 Å². The molecule has 1 aliphatic rings. The number of carbonyl (C=O) groups is 2. The minimum atomic E-state index is -5.35. The molecule has 0 saturated heterocycles.